The fourth-order valence-electron chi connectivity index (χ4n) is 2.33. The maximum atomic E-state index is 2.64. The van der Waals surface area contributed by atoms with Crippen LogP contribution in [0.4, 0.5) is 0 Å². The van der Waals surface area contributed by atoms with E-state index in [1.807, 2.05) is 0 Å². The molecular formula is C10H18ClN. The maximum absolute atomic E-state index is 2.64. The summed E-state index contributed by atoms with van der Waals surface area (Å²) in [5.74, 6) is 0.942. The van der Waals surface area contributed by atoms with E-state index in [1.54, 1.807) is 5.71 Å². The van der Waals surface area contributed by atoms with Gasteiger partial charge in [-0.25, -0.2) is 4.58 Å². The second-order valence-electron chi connectivity index (χ2n) is 4.11. The van der Waals surface area contributed by atoms with Crippen LogP contribution in [0.1, 0.15) is 39.0 Å². The largest absolute Gasteiger partial charge is 1.00 e. The molecule has 2 aliphatic heterocycles. The number of rotatable bonds is 0. The Bertz CT molecular complexity index is 186. The summed E-state index contributed by atoms with van der Waals surface area (Å²) in [5.41, 5.74) is 1.76. The van der Waals surface area contributed by atoms with Crippen molar-refractivity contribution >= 4 is 5.71 Å². The lowest BCUT2D eigenvalue weighted by Gasteiger charge is -2.22. The first kappa shape index (κ1) is 10.0. The summed E-state index contributed by atoms with van der Waals surface area (Å²) in [6.07, 6.45) is 7.09. The van der Waals surface area contributed by atoms with Gasteiger partial charge in [-0.2, -0.15) is 0 Å². The lowest BCUT2D eigenvalue weighted by atomic mass is 9.93. The summed E-state index contributed by atoms with van der Waals surface area (Å²) in [6.45, 7) is 5.07. The molecule has 1 unspecified atom stereocenters. The van der Waals surface area contributed by atoms with E-state index in [9.17, 15) is 0 Å². The third kappa shape index (κ3) is 2.01. The van der Waals surface area contributed by atoms with Gasteiger partial charge in [0, 0.05) is 25.2 Å². The van der Waals surface area contributed by atoms with Crippen LogP contribution in [0.15, 0.2) is 0 Å². The molecule has 0 N–H and O–H groups in total. The highest BCUT2D eigenvalue weighted by Crippen LogP contribution is 2.19. The van der Waals surface area contributed by atoms with Crippen LogP contribution in [0.2, 0.25) is 0 Å². The molecule has 1 nitrogen and oxygen atoms in total. The van der Waals surface area contributed by atoms with Gasteiger partial charge in [-0.1, -0.05) is 6.92 Å². The lowest BCUT2D eigenvalue weighted by molar-refractivity contribution is -0.545. The van der Waals surface area contributed by atoms with Gasteiger partial charge in [-0.05, 0) is 12.8 Å². The SMILES string of the molecule is CC1CCC2=[N+](CCCC2)C1.[Cl-]. The van der Waals surface area contributed by atoms with Crippen LogP contribution in [-0.4, -0.2) is 23.4 Å². The van der Waals surface area contributed by atoms with Gasteiger partial charge in [0.25, 0.3) is 0 Å². The molecule has 2 heteroatoms. The van der Waals surface area contributed by atoms with E-state index in [0.29, 0.717) is 0 Å². The summed E-state index contributed by atoms with van der Waals surface area (Å²) < 4.78 is 2.64. The van der Waals surface area contributed by atoms with Crippen molar-refractivity contribution < 1.29 is 17.0 Å². The van der Waals surface area contributed by atoms with Gasteiger partial charge < -0.3 is 12.4 Å². The van der Waals surface area contributed by atoms with Gasteiger partial charge in [-0.15, -0.1) is 0 Å². The van der Waals surface area contributed by atoms with E-state index in [1.165, 1.54) is 45.2 Å². The Morgan fingerprint density at radius 2 is 2.08 bits per heavy atom. The zero-order valence-corrected chi connectivity index (χ0v) is 8.61. The van der Waals surface area contributed by atoms with Crippen LogP contribution in [0.5, 0.6) is 0 Å². The fourth-order valence-corrected chi connectivity index (χ4v) is 2.33. The Morgan fingerprint density at radius 1 is 1.25 bits per heavy atom. The minimum atomic E-state index is 0. The summed E-state index contributed by atoms with van der Waals surface area (Å²) in [4.78, 5) is 0. The number of halogens is 1. The molecule has 70 valence electrons. The molecule has 0 aromatic rings. The molecule has 0 aromatic carbocycles. The number of hydrogen-bond donors (Lipinski definition) is 0. The first-order valence-electron chi connectivity index (χ1n) is 4.96. The van der Waals surface area contributed by atoms with E-state index in [0.717, 1.165) is 5.92 Å². The molecule has 0 fully saturated rings. The predicted molar refractivity (Wildman–Crippen MR) is 47.3 cm³/mol. The van der Waals surface area contributed by atoms with E-state index < -0.39 is 0 Å². The van der Waals surface area contributed by atoms with Crippen LogP contribution >= 0.6 is 0 Å². The van der Waals surface area contributed by atoms with Crippen molar-refractivity contribution in [3.8, 4) is 0 Å². The average Bonchev–Trinajstić information content (AvgIpc) is 2.04. The molecule has 2 heterocycles. The van der Waals surface area contributed by atoms with Crippen LogP contribution in [-0.2, 0) is 0 Å². The Labute approximate surface area is 81.3 Å². The molecule has 2 rings (SSSR count). The van der Waals surface area contributed by atoms with Crippen LogP contribution in [0.25, 0.3) is 0 Å². The molecule has 0 aliphatic carbocycles. The van der Waals surface area contributed by atoms with Crippen molar-refractivity contribution in [1.82, 2.24) is 0 Å². The Kier molecular flexibility index (Phi) is 3.57. The van der Waals surface area contributed by atoms with Crippen molar-refractivity contribution in [2.24, 2.45) is 5.92 Å². The molecule has 0 saturated carbocycles. The normalized spacial score (nSPS) is 29.2. The Morgan fingerprint density at radius 3 is 2.92 bits per heavy atom. The second kappa shape index (κ2) is 4.27. The summed E-state index contributed by atoms with van der Waals surface area (Å²) in [5, 5.41) is 0. The van der Waals surface area contributed by atoms with Crippen molar-refractivity contribution in [3.05, 3.63) is 0 Å². The molecule has 12 heavy (non-hydrogen) atoms. The highest BCUT2D eigenvalue weighted by atomic mass is 35.5. The lowest BCUT2D eigenvalue weighted by Crippen LogP contribution is -3.00. The van der Waals surface area contributed by atoms with E-state index in [-0.39, 0.29) is 12.4 Å². The highest BCUT2D eigenvalue weighted by molar-refractivity contribution is 5.80. The molecule has 0 aromatic heterocycles. The van der Waals surface area contributed by atoms with Crippen molar-refractivity contribution in [2.45, 2.75) is 39.0 Å². The number of hydrogen-bond acceptors (Lipinski definition) is 0. The molecule has 0 saturated heterocycles. The highest BCUT2D eigenvalue weighted by Gasteiger charge is 2.26. The molecule has 0 bridgehead atoms. The average molecular weight is 188 g/mol. The first-order chi connectivity index (χ1) is 5.36. The maximum Gasteiger partial charge on any atom is 0.152 e. The first-order valence-corrected chi connectivity index (χ1v) is 4.96. The third-order valence-electron chi connectivity index (χ3n) is 3.05. The minimum absolute atomic E-state index is 0. The van der Waals surface area contributed by atoms with Crippen molar-refractivity contribution in [2.75, 3.05) is 13.1 Å². The fraction of sp³-hybridized carbons (Fsp3) is 0.900. The van der Waals surface area contributed by atoms with Crippen LogP contribution in [0, 0.1) is 5.92 Å². The Balaban J connectivity index is 0.000000720. The quantitative estimate of drug-likeness (QED) is 0.431. The predicted octanol–water partition coefficient (Wildman–Crippen LogP) is -0.942. The standard InChI is InChI=1S/C10H18N.ClH/c1-9-5-6-10-4-2-3-7-11(10)8-9;/h9H,2-8H2,1H3;1H/q+1;/p-1. The number of nitrogens with zero attached hydrogens (tertiary/aromatic N) is 1. The van der Waals surface area contributed by atoms with E-state index in [4.69, 9.17) is 0 Å². The molecule has 0 amide bonds. The topological polar surface area (TPSA) is 3.01 Å². The van der Waals surface area contributed by atoms with Gasteiger partial charge in [0.05, 0.1) is 0 Å². The zero-order chi connectivity index (χ0) is 7.68. The molecule has 1 atom stereocenters. The monoisotopic (exact) mass is 187 g/mol. The summed E-state index contributed by atoms with van der Waals surface area (Å²) >= 11 is 0. The molecule has 2 aliphatic rings. The van der Waals surface area contributed by atoms with Gasteiger partial charge in [-0.3, -0.25) is 0 Å². The van der Waals surface area contributed by atoms with Crippen LogP contribution < -0.4 is 12.4 Å². The third-order valence-corrected chi connectivity index (χ3v) is 3.05. The summed E-state index contributed by atoms with van der Waals surface area (Å²) in [6, 6.07) is 0. The van der Waals surface area contributed by atoms with E-state index >= 15 is 0 Å². The second-order valence-corrected chi connectivity index (χ2v) is 4.11. The van der Waals surface area contributed by atoms with Crippen molar-refractivity contribution in [3.63, 3.8) is 0 Å². The Hall–Kier alpha value is -0.0400. The molecule has 0 spiro atoms. The minimum Gasteiger partial charge on any atom is -1.00 e. The van der Waals surface area contributed by atoms with Gasteiger partial charge in [0.2, 0.25) is 0 Å². The van der Waals surface area contributed by atoms with Crippen LogP contribution in [0.3, 0.4) is 0 Å². The van der Waals surface area contributed by atoms with Crippen molar-refractivity contribution in [1.29, 1.82) is 0 Å². The van der Waals surface area contributed by atoms with Gasteiger partial charge >= 0.3 is 0 Å². The van der Waals surface area contributed by atoms with E-state index in [2.05, 4.69) is 11.5 Å². The zero-order valence-electron chi connectivity index (χ0n) is 7.85. The van der Waals surface area contributed by atoms with Gasteiger partial charge in [0.1, 0.15) is 13.1 Å². The molecular weight excluding hydrogens is 170 g/mol. The smallest absolute Gasteiger partial charge is 0.152 e. The van der Waals surface area contributed by atoms with Gasteiger partial charge in [0.15, 0.2) is 5.71 Å². The summed E-state index contributed by atoms with van der Waals surface area (Å²) in [7, 11) is 0. The molecule has 0 radical (unpaired) electrons.